The van der Waals surface area contributed by atoms with Gasteiger partial charge in [-0.2, -0.15) is 0 Å². The normalized spacial score (nSPS) is 11.2. The smallest absolute Gasteiger partial charge is 0.229 e. The standard InChI is InChI=1S/C20H30N2O/c1-3-4-5-6-7-8-9-10-11-16-20-21-18-14-12-13-15-19(18)22(20)17(2)23/h12-15H,3-11,16H2,1-2H3. The van der Waals surface area contributed by atoms with Gasteiger partial charge in [-0.25, -0.2) is 4.98 Å². The Morgan fingerprint density at radius 3 is 2.22 bits per heavy atom. The molecule has 3 nitrogen and oxygen atoms in total. The highest BCUT2D eigenvalue weighted by Gasteiger charge is 2.12. The van der Waals surface area contributed by atoms with Crippen LogP contribution in [0.25, 0.3) is 11.0 Å². The third-order valence-electron chi connectivity index (χ3n) is 4.45. The number of aryl methyl sites for hydroxylation is 1. The van der Waals surface area contributed by atoms with Gasteiger partial charge in [0.1, 0.15) is 5.82 Å². The molecule has 0 unspecified atom stereocenters. The minimum Gasteiger partial charge on any atom is -0.274 e. The summed E-state index contributed by atoms with van der Waals surface area (Å²) >= 11 is 0. The summed E-state index contributed by atoms with van der Waals surface area (Å²) < 4.78 is 1.78. The van der Waals surface area contributed by atoms with Crippen molar-refractivity contribution in [2.24, 2.45) is 0 Å². The van der Waals surface area contributed by atoms with Crippen LogP contribution in [0.1, 0.15) is 82.3 Å². The average molecular weight is 314 g/mol. The topological polar surface area (TPSA) is 34.9 Å². The van der Waals surface area contributed by atoms with Crippen LogP contribution >= 0.6 is 0 Å². The van der Waals surface area contributed by atoms with Gasteiger partial charge < -0.3 is 0 Å². The van der Waals surface area contributed by atoms with E-state index in [2.05, 4.69) is 11.9 Å². The third-order valence-corrected chi connectivity index (χ3v) is 4.45. The van der Waals surface area contributed by atoms with Crippen molar-refractivity contribution in [1.82, 2.24) is 9.55 Å². The summed E-state index contributed by atoms with van der Waals surface area (Å²) in [5.74, 6) is 0.978. The molecule has 0 N–H and O–H groups in total. The summed E-state index contributed by atoms with van der Waals surface area (Å²) in [6.45, 7) is 3.88. The quantitative estimate of drug-likeness (QED) is 0.522. The van der Waals surface area contributed by atoms with Crippen molar-refractivity contribution in [1.29, 1.82) is 0 Å². The van der Waals surface area contributed by atoms with Gasteiger partial charge in [0.2, 0.25) is 5.91 Å². The molecule has 0 fully saturated rings. The van der Waals surface area contributed by atoms with E-state index in [0.29, 0.717) is 0 Å². The molecule has 0 aliphatic rings. The second-order valence-electron chi connectivity index (χ2n) is 6.45. The molecule has 0 saturated carbocycles. The summed E-state index contributed by atoms with van der Waals surface area (Å²) in [6.07, 6.45) is 12.7. The van der Waals surface area contributed by atoms with E-state index in [0.717, 1.165) is 29.7 Å². The van der Waals surface area contributed by atoms with Crippen molar-refractivity contribution >= 4 is 16.9 Å². The molecule has 126 valence electrons. The van der Waals surface area contributed by atoms with Crippen LogP contribution in [-0.4, -0.2) is 15.5 Å². The van der Waals surface area contributed by atoms with Crippen LogP contribution in [0.15, 0.2) is 24.3 Å². The second kappa shape index (κ2) is 9.49. The van der Waals surface area contributed by atoms with Crippen molar-refractivity contribution in [3.8, 4) is 0 Å². The Labute approximate surface area is 140 Å². The SMILES string of the molecule is CCCCCCCCCCCc1nc2ccccc2n1C(C)=O. The number of imidazole rings is 1. The Balaban J connectivity index is 1.77. The van der Waals surface area contributed by atoms with Crippen molar-refractivity contribution < 1.29 is 4.79 Å². The van der Waals surface area contributed by atoms with Gasteiger partial charge in [0.25, 0.3) is 0 Å². The van der Waals surface area contributed by atoms with E-state index >= 15 is 0 Å². The molecule has 0 bridgehead atoms. The summed E-state index contributed by atoms with van der Waals surface area (Å²) in [4.78, 5) is 16.6. The van der Waals surface area contributed by atoms with E-state index in [1.165, 1.54) is 51.4 Å². The van der Waals surface area contributed by atoms with Gasteiger partial charge in [0, 0.05) is 13.3 Å². The molecule has 0 aliphatic heterocycles. The number of hydrogen-bond donors (Lipinski definition) is 0. The highest BCUT2D eigenvalue weighted by atomic mass is 16.1. The number of benzene rings is 1. The average Bonchev–Trinajstić information content (AvgIpc) is 2.91. The van der Waals surface area contributed by atoms with Crippen LogP contribution in [0.3, 0.4) is 0 Å². The molecular formula is C20H30N2O. The number of fused-ring (bicyclic) bond motifs is 1. The van der Waals surface area contributed by atoms with Gasteiger partial charge in [0.15, 0.2) is 0 Å². The Morgan fingerprint density at radius 2 is 1.57 bits per heavy atom. The minimum absolute atomic E-state index is 0.0598. The number of aromatic nitrogens is 2. The number of rotatable bonds is 10. The first-order valence-electron chi connectivity index (χ1n) is 9.21. The van der Waals surface area contributed by atoms with Gasteiger partial charge in [-0.3, -0.25) is 9.36 Å². The molecule has 0 aliphatic carbocycles. The van der Waals surface area contributed by atoms with Crippen LogP contribution < -0.4 is 0 Å². The predicted molar refractivity (Wildman–Crippen MR) is 97.0 cm³/mol. The fourth-order valence-corrected chi connectivity index (χ4v) is 3.19. The maximum absolute atomic E-state index is 11.9. The molecular weight excluding hydrogens is 284 g/mol. The molecule has 0 spiro atoms. The zero-order valence-electron chi connectivity index (χ0n) is 14.7. The first kappa shape index (κ1) is 17.7. The van der Waals surface area contributed by atoms with E-state index in [-0.39, 0.29) is 5.91 Å². The van der Waals surface area contributed by atoms with E-state index in [9.17, 15) is 4.79 Å². The van der Waals surface area contributed by atoms with Gasteiger partial charge >= 0.3 is 0 Å². The number of carbonyl (C=O) groups is 1. The molecule has 0 saturated heterocycles. The Morgan fingerprint density at radius 1 is 0.957 bits per heavy atom. The predicted octanol–water partition coefficient (Wildman–Crippen LogP) is 5.77. The van der Waals surface area contributed by atoms with Crippen molar-refractivity contribution in [2.75, 3.05) is 0 Å². The molecule has 2 rings (SSSR count). The maximum atomic E-state index is 11.9. The summed E-state index contributed by atoms with van der Waals surface area (Å²) in [7, 11) is 0. The zero-order valence-corrected chi connectivity index (χ0v) is 14.7. The van der Waals surface area contributed by atoms with Crippen LogP contribution in [0.5, 0.6) is 0 Å². The zero-order chi connectivity index (χ0) is 16.5. The second-order valence-corrected chi connectivity index (χ2v) is 6.45. The summed E-state index contributed by atoms with van der Waals surface area (Å²) in [5.41, 5.74) is 1.86. The highest BCUT2D eigenvalue weighted by Crippen LogP contribution is 2.18. The van der Waals surface area contributed by atoms with E-state index in [4.69, 9.17) is 0 Å². The molecule has 1 aromatic heterocycles. The number of nitrogens with zero attached hydrogens (tertiary/aromatic N) is 2. The number of carbonyl (C=O) groups excluding carboxylic acids is 1. The molecule has 0 amide bonds. The Kier molecular flexibility index (Phi) is 7.31. The Hall–Kier alpha value is -1.64. The Bertz CT molecular complexity index is 615. The van der Waals surface area contributed by atoms with Crippen LogP contribution in [0.2, 0.25) is 0 Å². The molecule has 23 heavy (non-hydrogen) atoms. The number of hydrogen-bond acceptors (Lipinski definition) is 2. The summed E-state index contributed by atoms with van der Waals surface area (Å²) in [5, 5.41) is 0. The first-order chi connectivity index (χ1) is 11.2. The lowest BCUT2D eigenvalue weighted by Crippen LogP contribution is -2.10. The monoisotopic (exact) mass is 314 g/mol. The van der Waals surface area contributed by atoms with Crippen LogP contribution in [0, 0.1) is 0 Å². The molecule has 2 aromatic rings. The molecule has 1 heterocycles. The van der Waals surface area contributed by atoms with E-state index in [1.54, 1.807) is 11.5 Å². The largest absolute Gasteiger partial charge is 0.274 e. The third kappa shape index (κ3) is 5.19. The molecule has 0 radical (unpaired) electrons. The van der Waals surface area contributed by atoms with Gasteiger partial charge in [-0.05, 0) is 18.6 Å². The number of para-hydroxylation sites is 2. The van der Waals surface area contributed by atoms with Crippen molar-refractivity contribution in [3.05, 3.63) is 30.1 Å². The first-order valence-corrected chi connectivity index (χ1v) is 9.21. The fourth-order valence-electron chi connectivity index (χ4n) is 3.19. The van der Waals surface area contributed by atoms with Gasteiger partial charge in [-0.15, -0.1) is 0 Å². The molecule has 1 aromatic carbocycles. The lowest BCUT2D eigenvalue weighted by molar-refractivity contribution is 0.0937. The lowest BCUT2D eigenvalue weighted by atomic mass is 10.1. The van der Waals surface area contributed by atoms with Crippen LogP contribution in [0.4, 0.5) is 0 Å². The van der Waals surface area contributed by atoms with Gasteiger partial charge in [0.05, 0.1) is 11.0 Å². The van der Waals surface area contributed by atoms with Crippen molar-refractivity contribution in [3.63, 3.8) is 0 Å². The maximum Gasteiger partial charge on any atom is 0.229 e. The van der Waals surface area contributed by atoms with E-state index < -0.39 is 0 Å². The molecule has 0 atom stereocenters. The highest BCUT2D eigenvalue weighted by molar-refractivity contribution is 5.89. The summed E-state index contributed by atoms with van der Waals surface area (Å²) in [6, 6.07) is 7.89. The van der Waals surface area contributed by atoms with Crippen LogP contribution in [-0.2, 0) is 6.42 Å². The minimum atomic E-state index is 0.0598. The lowest BCUT2D eigenvalue weighted by Gasteiger charge is -2.05. The van der Waals surface area contributed by atoms with Gasteiger partial charge in [-0.1, -0.05) is 70.4 Å². The fraction of sp³-hybridized carbons (Fsp3) is 0.600. The van der Waals surface area contributed by atoms with E-state index in [1.807, 2.05) is 24.3 Å². The van der Waals surface area contributed by atoms with Crippen molar-refractivity contribution in [2.45, 2.75) is 78.1 Å². The molecule has 3 heteroatoms. The number of unbranched alkanes of at least 4 members (excludes halogenated alkanes) is 8.